The zero-order chi connectivity index (χ0) is 13.5. The van der Waals surface area contributed by atoms with Gasteiger partial charge in [-0.3, -0.25) is 14.3 Å². The van der Waals surface area contributed by atoms with Gasteiger partial charge in [0.05, 0.1) is 16.6 Å². The number of hydrogen-bond acceptors (Lipinski definition) is 5. The van der Waals surface area contributed by atoms with E-state index in [-0.39, 0.29) is 11.4 Å². The van der Waals surface area contributed by atoms with E-state index in [0.29, 0.717) is 23.6 Å². The van der Waals surface area contributed by atoms with E-state index in [9.17, 15) is 14.3 Å². The normalized spacial score (nSPS) is 11.6. The Morgan fingerprint density at radius 1 is 1.56 bits per heavy atom. The van der Waals surface area contributed by atoms with E-state index in [2.05, 4.69) is 5.32 Å². The lowest BCUT2D eigenvalue weighted by Crippen LogP contribution is -2.13. The van der Waals surface area contributed by atoms with Gasteiger partial charge in [0, 0.05) is 34.9 Å². The molecule has 1 aromatic rings. The molecular formula is C11H13N3O3S. The number of nitro benzene ring substituents is 1. The van der Waals surface area contributed by atoms with Gasteiger partial charge in [-0.2, -0.15) is 5.26 Å². The Hall–Kier alpha value is -1.94. The molecule has 1 rings (SSSR count). The number of nitriles is 1. The molecule has 0 fully saturated rings. The van der Waals surface area contributed by atoms with Gasteiger partial charge in [0.25, 0.3) is 5.69 Å². The molecule has 18 heavy (non-hydrogen) atoms. The predicted octanol–water partition coefficient (Wildman–Crippen LogP) is 1.65. The molecule has 0 aliphatic heterocycles. The van der Waals surface area contributed by atoms with Crippen LogP contribution in [0.5, 0.6) is 0 Å². The molecule has 1 unspecified atom stereocenters. The lowest BCUT2D eigenvalue weighted by atomic mass is 10.2. The molecular weight excluding hydrogens is 254 g/mol. The van der Waals surface area contributed by atoms with E-state index in [1.54, 1.807) is 0 Å². The molecule has 6 nitrogen and oxygen atoms in total. The summed E-state index contributed by atoms with van der Waals surface area (Å²) in [6.45, 7) is 2.19. The molecule has 0 aliphatic carbocycles. The highest BCUT2D eigenvalue weighted by Gasteiger charge is 2.13. The van der Waals surface area contributed by atoms with Crippen molar-refractivity contribution in [3.8, 4) is 6.07 Å². The SMILES string of the molecule is CCS(=O)CCNc1cc(C#N)ccc1[N+](=O)[O-]. The van der Waals surface area contributed by atoms with Crippen molar-refractivity contribution in [1.29, 1.82) is 5.26 Å². The molecule has 0 radical (unpaired) electrons. The highest BCUT2D eigenvalue weighted by Crippen LogP contribution is 2.24. The second kappa shape index (κ2) is 6.71. The average molecular weight is 267 g/mol. The minimum absolute atomic E-state index is 0.0868. The fourth-order valence-corrected chi connectivity index (χ4v) is 1.97. The second-order valence-corrected chi connectivity index (χ2v) is 5.33. The Morgan fingerprint density at radius 2 is 2.28 bits per heavy atom. The van der Waals surface area contributed by atoms with E-state index in [4.69, 9.17) is 5.26 Å². The van der Waals surface area contributed by atoms with Crippen molar-refractivity contribution < 1.29 is 9.13 Å². The number of nitro groups is 1. The molecule has 0 heterocycles. The van der Waals surface area contributed by atoms with Gasteiger partial charge in [-0.1, -0.05) is 6.92 Å². The summed E-state index contributed by atoms with van der Waals surface area (Å²) in [7, 11) is -0.922. The van der Waals surface area contributed by atoms with E-state index >= 15 is 0 Å². The highest BCUT2D eigenvalue weighted by molar-refractivity contribution is 7.84. The lowest BCUT2D eigenvalue weighted by molar-refractivity contribution is -0.384. The Balaban J connectivity index is 2.82. The van der Waals surface area contributed by atoms with Crippen LogP contribution in [-0.2, 0) is 10.8 Å². The van der Waals surface area contributed by atoms with E-state index in [0.717, 1.165) is 0 Å². The summed E-state index contributed by atoms with van der Waals surface area (Å²) in [5, 5.41) is 22.4. The average Bonchev–Trinajstić information content (AvgIpc) is 2.37. The summed E-state index contributed by atoms with van der Waals surface area (Å²) in [6.07, 6.45) is 0. The number of anilines is 1. The first-order valence-corrected chi connectivity index (χ1v) is 6.84. The number of rotatable bonds is 6. The molecule has 7 heteroatoms. The Labute approximate surface area is 107 Å². The monoisotopic (exact) mass is 267 g/mol. The van der Waals surface area contributed by atoms with Crippen molar-refractivity contribution >= 4 is 22.2 Å². The van der Waals surface area contributed by atoms with Crippen molar-refractivity contribution in [2.24, 2.45) is 0 Å². The zero-order valence-electron chi connectivity index (χ0n) is 9.88. The van der Waals surface area contributed by atoms with Crippen LogP contribution in [-0.4, -0.2) is 27.2 Å². The molecule has 0 spiro atoms. The van der Waals surface area contributed by atoms with Gasteiger partial charge in [-0.15, -0.1) is 0 Å². The molecule has 0 aliphatic rings. The number of nitrogens with zero attached hydrogens (tertiary/aromatic N) is 2. The topological polar surface area (TPSA) is 96.0 Å². The predicted molar refractivity (Wildman–Crippen MR) is 69.9 cm³/mol. The number of benzene rings is 1. The van der Waals surface area contributed by atoms with Crippen molar-refractivity contribution in [3.05, 3.63) is 33.9 Å². The van der Waals surface area contributed by atoms with Gasteiger partial charge in [-0.05, 0) is 12.1 Å². The van der Waals surface area contributed by atoms with Crippen LogP contribution in [0.1, 0.15) is 12.5 Å². The van der Waals surface area contributed by atoms with Crippen LogP contribution < -0.4 is 5.32 Å². The maximum absolute atomic E-state index is 11.2. The molecule has 1 aromatic carbocycles. The van der Waals surface area contributed by atoms with Crippen LogP contribution in [0.4, 0.5) is 11.4 Å². The third-order valence-corrected chi connectivity index (χ3v) is 3.59. The first kappa shape index (κ1) is 14.1. The first-order valence-electron chi connectivity index (χ1n) is 5.36. The van der Waals surface area contributed by atoms with Gasteiger partial charge in [0.1, 0.15) is 5.69 Å². The van der Waals surface area contributed by atoms with Crippen molar-refractivity contribution in [2.75, 3.05) is 23.4 Å². The van der Waals surface area contributed by atoms with Crippen molar-refractivity contribution in [1.82, 2.24) is 0 Å². The number of nitrogens with one attached hydrogen (secondary N) is 1. The molecule has 1 N–H and O–H groups in total. The van der Waals surface area contributed by atoms with Crippen LogP contribution in [0.15, 0.2) is 18.2 Å². The third-order valence-electron chi connectivity index (χ3n) is 2.29. The van der Waals surface area contributed by atoms with Crippen LogP contribution in [0, 0.1) is 21.4 Å². The summed E-state index contributed by atoms with van der Waals surface area (Å²) in [5.74, 6) is 0.979. The van der Waals surface area contributed by atoms with Gasteiger partial charge in [-0.25, -0.2) is 0 Å². The smallest absolute Gasteiger partial charge is 0.292 e. The highest BCUT2D eigenvalue weighted by atomic mass is 32.2. The van der Waals surface area contributed by atoms with Gasteiger partial charge in [0.15, 0.2) is 0 Å². The quantitative estimate of drug-likeness (QED) is 0.624. The Bertz CT molecular complexity index is 511. The summed E-state index contributed by atoms with van der Waals surface area (Å²) in [5.41, 5.74) is 0.545. The molecule has 0 aromatic heterocycles. The Kier molecular flexibility index (Phi) is 5.27. The standard InChI is InChI=1S/C11H13N3O3S/c1-2-18(17)6-5-13-10-7-9(8-12)3-4-11(10)14(15)16/h3-4,7,13H,2,5-6H2,1H3. The van der Waals surface area contributed by atoms with E-state index in [1.165, 1.54) is 18.2 Å². The molecule has 96 valence electrons. The van der Waals surface area contributed by atoms with E-state index in [1.807, 2.05) is 13.0 Å². The zero-order valence-corrected chi connectivity index (χ0v) is 10.7. The summed E-state index contributed by atoms with van der Waals surface area (Å²) in [4.78, 5) is 10.3. The van der Waals surface area contributed by atoms with Crippen LogP contribution in [0.3, 0.4) is 0 Å². The number of hydrogen-bond donors (Lipinski definition) is 1. The fraction of sp³-hybridized carbons (Fsp3) is 0.364. The van der Waals surface area contributed by atoms with Gasteiger partial charge < -0.3 is 5.32 Å². The largest absolute Gasteiger partial charge is 0.379 e. The minimum atomic E-state index is -0.922. The molecule has 0 bridgehead atoms. The van der Waals surface area contributed by atoms with Crippen LogP contribution >= 0.6 is 0 Å². The molecule has 0 amide bonds. The first-order chi connectivity index (χ1) is 8.58. The van der Waals surface area contributed by atoms with Crippen LogP contribution in [0.2, 0.25) is 0 Å². The van der Waals surface area contributed by atoms with Crippen molar-refractivity contribution in [3.63, 3.8) is 0 Å². The van der Waals surface area contributed by atoms with E-state index < -0.39 is 15.7 Å². The molecule has 0 saturated carbocycles. The summed E-state index contributed by atoms with van der Waals surface area (Å²) < 4.78 is 11.2. The minimum Gasteiger partial charge on any atom is -0.379 e. The Morgan fingerprint density at radius 3 is 2.83 bits per heavy atom. The van der Waals surface area contributed by atoms with Gasteiger partial charge >= 0.3 is 0 Å². The molecule has 0 saturated heterocycles. The second-order valence-electron chi connectivity index (χ2n) is 3.46. The maximum Gasteiger partial charge on any atom is 0.292 e. The maximum atomic E-state index is 11.2. The third kappa shape index (κ3) is 3.82. The summed E-state index contributed by atoms with van der Waals surface area (Å²) >= 11 is 0. The van der Waals surface area contributed by atoms with Crippen LogP contribution in [0.25, 0.3) is 0 Å². The summed E-state index contributed by atoms with van der Waals surface area (Å²) in [6, 6.07) is 6.03. The molecule has 1 atom stereocenters. The fourth-order valence-electron chi connectivity index (χ4n) is 1.35. The lowest BCUT2D eigenvalue weighted by Gasteiger charge is -2.06. The van der Waals surface area contributed by atoms with Gasteiger partial charge in [0.2, 0.25) is 0 Å². The van der Waals surface area contributed by atoms with Crippen molar-refractivity contribution in [2.45, 2.75) is 6.92 Å².